The number of rotatable bonds is 0. The standard InChI is InChI=1S/C124H84N16O8/c1-121(2)65-9-25-73(26-10-65)141-81-41-49-89-97(57-81)113-129-105(89)125-107-93-53-45-85-61-101(93)117(133-107)139-119-103-63-87-47-55-95(103)111(135-119)127-109-91-51-43-83(59-99(91)115(131-109)137-113)143-75-29-13-67(14-30-75)122(3,4)68-15-31-76(32-16-68)144-84-44-52-92-100(60-84)116-132-110(92)128-112-96-56-48-88(148-80-39-23-72(24-40-80)124(7,8)71-21-37-79(147-87)38-22-71)64-104(96)120(136-112)140-118-102-62-86(146-78-35-19-70(20-36-78)123(5,6)69-17-33-77(145-85)34-18-69)46-54-94(102)108(134-118)126-106-90-50-42-82(58-98(90)114(130-106)138-116)142-74-27-11-66(121)12-28-74/h9-64H,1-8H3,(H2,125,127,129,131,133,135,137,139)(H2,126,128,130,132,134,136,138,140). The van der Waals surface area contributed by atoms with Gasteiger partial charge in [-0.05, 0) is 287 Å². The summed E-state index contributed by atoms with van der Waals surface area (Å²) >= 11 is 0. The van der Waals surface area contributed by atoms with E-state index >= 15 is 0 Å². The Hall–Kier alpha value is -19.4. The first-order chi connectivity index (χ1) is 72.0. The number of benzene rings is 16. The van der Waals surface area contributed by atoms with Crippen molar-refractivity contribution in [3.8, 4) is 183 Å². The number of aromatic nitrogens is 16. The summed E-state index contributed by atoms with van der Waals surface area (Å²) in [4.78, 5) is 80.7. The van der Waals surface area contributed by atoms with E-state index in [1.54, 1.807) is 0 Å². The lowest BCUT2D eigenvalue weighted by Gasteiger charge is -2.26. The van der Waals surface area contributed by atoms with Crippen LogP contribution in [0.3, 0.4) is 0 Å². The summed E-state index contributed by atoms with van der Waals surface area (Å²) in [6.45, 7) is 17.7. The van der Waals surface area contributed by atoms with Gasteiger partial charge < -0.3 is 57.8 Å². The quantitative estimate of drug-likeness (QED) is 0.110. The fourth-order valence-corrected chi connectivity index (χ4v) is 21.2. The molecule has 24 heteroatoms. The minimum absolute atomic E-state index is 0.360. The van der Waals surface area contributed by atoms with Gasteiger partial charge in [-0.25, -0.2) is 59.8 Å². The molecular weight excluding hydrogens is 1840 g/mol. The maximum Gasteiger partial charge on any atom is 0.164 e. The van der Waals surface area contributed by atoms with Gasteiger partial charge in [0.25, 0.3) is 0 Å². The average molecular weight is 1930 g/mol. The Labute approximate surface area is 845 Å². The molecule has 708 valence electrons. The highest BCUT2D eigenvalue weighted by Gasteiger charge is 2.34. The van der Waals surface area contributed by atoms with Gasteiger partial charge in [0.15, 0.2) is 46.6 Å². The van der Waals surface area contributed by atoms with Crippen molar-refractivity contribution in [3.05, 3.63) is 384 Å². The highest BCUT2D eigenvalue weighted by molar-refractivity contribution is 6.10. The number of ether oxygens (including phenoxy) is 8. The van der Waals surface area contributed by atoms with Gasteiger partial charge in [-0.15, -0.1) is 0 Å². The first-order valence-corrected chi connectivity index (χ1v) is 49.1. The number of fused-ring (bicyclic) bond motifs is 16. The topological polar surface area (TPSA) is 292 Å². The fraction of sp³-hybridized carbons (Fsp3) is 0.0968. The molecule has 0 unspecified atom stereocenters. The number of nitrogens with one attached hydrogen (secondary N) is 4. The zero-order chi connectivity index (χ0) is 98.9. The van der Waals surface area contributed by atoms with Gasteiger partial charge in [-0.3, -0.25) is 0 Å². The van der Waals surface area contributed by atoms with Crippen LogP contribution in [0.1, 0.15) is 99.9 Å². The maximum atomic E-state index is 6.92. The van der Waals surface area contributed by atoms with Crippen LogP contribution in [0, 0.1) is 0 Å². The zero-order valence-electron chi connectivity index (χ0n) is 81.0. The molecule has 0 aliphatic carbocycles. The van der Waals surface area contributed by atoms with Crippen molar-refractivity contribution in [1.82, 2.24) is 79.7 Å². The number of hydrogen-bond acceptors (Lipinski definition) is 20. The van der Waals surface area contributed by atoms with Gasteiger partial charge >= 0.3 is 0 Å². The SMILES string of the molecule is CC1(C)c2ccc(cc2)Oc2ccc3c(c2)-c2nc-3nc3[nH]c4nc5nc6nc7[nH]c(n2)c2cc(ccc72)Oc2ccc(cc2)C(C)(C)c2ccc(cc2)Oc2ccc7c8nc9nc(nc%10[nH]c(nc%11nc(nc([nH]8)c7c2)-c2cc(ccc2-%11)Oc2ccc1cc2)c1ccc(cc%101)Oc1ccc(cc1)C(C)(C)c1ccc(cc1)Oc1ccc3c4c1)-c1cc(ccc1-9)Oc1ccc(cc1)C(C)(C)c1ccc(cc1)Oc1ccc-6c-5c1. The predicted molar refractivity (Wildman–Crippen MR) is 573 cm³/mol. The molecule has 0 spiro atoms. The molecular formula is C124H84N16O8. The minimum Gasteiger partial charge on any atom is -0.457 e. The van der Waals surface area contributed by atoms with Crippen LogP contribution in [0.5, 0.6) is 92.0 Å². The number of aromatic amines is 4. The van der Waals surface area contributed by atoms with E-state index in [-0.39, 0.29) is 0 Å². The second-order valence-corrected chi connectivity index (χ2v) is 40.4. The van der Waals surface area contributed by atoms with Crippen molar-refractivity contribution in [1.29, 1.82) is 0 Å². The Morgan fingerprint density at radius 3 is 0.439 bits per heavy atom. The monoisotopic (exact) mass is 1920 g/mol. The fourth-order valence-electron chi connectivity index (χ4n) is 21.2. The molecule has 0 saturated heterocycles. The van der Waals surface area contributed by atoms with E-state index in [2.05, 4.69) is 172 Å². The summed E-state index contributed by atoms with van der Waals surface area (Å²) in [5.74, 6) is 12.3. The molecule has 24 nitrogen and oxygen atoms in total. The van der Waals surface area contributed by atoms with Crippen molar-refractivity contribution in [2.24, 2.45) is 0 Å². The van der Waals surface area contributed by atoms with Gasteiger partial charge in [0.1, 0.15) is 137 Å². The summed E-state index contributed by atoms with van der Waals surface area (Å²) in [5, 5.41) is 5.70. The van der Waals surface area contributed by atoms with E-state index in [4.69, 9.17) is 97.7 Å². The van der Waals surface area contributed by atoms with Gasteiger partial charge in [0, 0.05) is 109 Å². The molecule has 40 rings (SSSR count). The van der Waals surface area contributed by atoms with E-state index in [1.807, 2.05) is 243 Å². The Morgan fingerprint density at radius 2 is 0.270 bits per heavy atom. The third-order valence-electron chi connectivity index (χ3n) is 29.9. The number of nitrogens with zero attached hydrogens (tertiary/aromatic N) is 12. The second kappa shape index (κ2) is 32.1. The molecule has 0 fully saturated rings. The Balaban J connectivity index is 0.680. The van der Waals surface area contributed by atoms with Gasteiger partial charge in [-0.1, -0.05) is 152 Å². The van der Waals surface area contributed by atoms with Gasteiger partial charge in [-0.2, -0.15) is 0 Å². The van der Waals surface area contributed by atoms with E-state index in [0.717, 1.165) is 66.1 Å². The van der Waals surface area contributed by atoms with Crippen LogP contribution in [-0.4, -0.2) is 79.7 Å². The van der Waals surface area contributed by atoms with Crippen LogP contribution in [0.4, 0.5) is 0 Å². The molecule has 0 radical (unpaired) electrons. The molecule has 0 amide bonds. The lowest BCUT2D eigenvalue weighted by atomic mass is 9.78. The summed E-state index contributed by atoms with van der Waals surface area (Å²) in [5.41, 5.74) is 15.6. The van der Waals surface area contributed by atoms with Crippen LogP contribution in [0.2, 0.25) is 0 Å². The zero-order valence-corrected chi connectivity index (χ0v) is 81.0. The number of H-pyrrole nitrogens is 4. The molecule has 48 bridgehead atoms. The first kappa shape index (κ1) is 85.4. The van der Waals surface area contributed by atoms with E-state index < -0.39 is 21.7 Å². The lowest BCUT2D eigenvalue weighted by Crippen LogP contribution is -2.18. The molecule has 4 N–H and O–H groups in total. The third-order valence-corrected chi connectivity index (χ3v) is 29.9. The van der Waals surface area contributed by atoms with Crippen molar-refractivity contribution < 1.29 is 37.9 Å². The number of hydrogen-bond donors (Lipinski definition) is 4. The largest absolute Gasteiger partial charge is 0.457 e. The highest BCUT2D eigenvalue weighted by Crippen LogP contribution is 2.50. The summed E-state index contributed by atoms with van der Waals surface area (Å²) in [6, 6.07) is 113. The van der Waals surface area contributed by atoms with Crippen LogP contribution in [-0.2, 0) is 21.7 Å². The first-order valence-electron chi connectivity index (χ1n) is 49.1. The smallest absolute Gasteiger partial charge is 0.164 e. The lowest BCUT2D eigenvalue weighted by molar-refractivity contribution is 0.481. The predicted octanol–water partition coefficient (Wildman–Crippen LogP) is 30.6. The Morgan fingerprint density at radius 1 is 0.135 bits per heavy atom. The molecule has 0 atom stereocenters. The van der Waals surface area contributed by atoms with Crippen molar-refractivity contribution in [2.45, 2.75) is 77.0 Å². The van der Waals surface area contributed by atoms with Gasteiger partial charge in [0.2, 0.25) is 0 Å². The van der Waals surface area contributed by atoms with Crippen LogP contribution in [0.25, 0.3) is 179 Å². The molecule has 22 aromatic rings. The van der Waals surface area contributed by atoms with Crippen molar-refractivity contribution >= 4 is 88.3 Å². The molecule has 18 aliphatic rings. The molecule has 0 saturated carbocycles. The van der Waals surface area contributed by atoms with Crippen molar-refractivity contribution in [2.75, 3.05) is 0 Å². The van der Waals surface area contributed by atoms with Crippen LogP contribution >= 0.6 is 0 Å². The molecule has 18 aliphatic heterocycles. The van der Waals surface area contributed by atoms with E-state index in [0.29, 0.717) is 250 Å². The molecule has 148 heavy (non-hydrogen) atoms. The average Bonchev–Trinajstić information content (AvgIpc) is 1.60. The van der Waals surface area contributed by atoms with Gasteiger partial charge in [0.05, 0.1) is 0 Å². The van der Waals surface area contributed by atoms with Crippen molar-refractivity contribution in [3.63, 3.8) is 0 Å². The van der Waals surface area contributed by atoms with Crippen LogP contribution < -0.4 is 37.9 Å². The van der Waals surface area contributed by atoms with E-state index in [1.165, 1.54) is 0 Å². The molecule has 24 heterocycles. The van der Waals surface area contributed by atoms with E-state index in [9.17, 15) is 0 Å². The van der Waals surface area contributed by atoms with Crippen LogP contribution in [0.15, 0.2) is 340 Å². The Kier molecular flexibility index (Phi) is 18.5. The third kappa shape index (κ3) is 14.4. The minimum atomic E-state index is -0.492. The summed E-state index contributed by atoms with van der Waals surface area (Å²) in [7, 11) is 0. The summed E-state index contributed by atoms with van der Waals surface area (Å²) in [6.07, 6.45) is 0. The normalized spacial score (nSPS) is 14.3. The maximum absolute atomic E-state index is 6.92. The molecule has 6 aromatic heterocycles. The summed E-state index contributed by atoms with van der Waals surface area (Å²) < 4.78 is 55.3. The molecule has 16 aromatic carbocycles. The second-order valence-electron chi connectivity index (χ2n) is 40.4. The Bertz CT molecular complexity index is 8710. The highest BCUT2D eigenvalue weighted by atomic mass is 16.5.